The van der Waals surface area contributed by atoms with Crippen LogP contribution in [0.15, 0.2) is 212 Å². The van der Waals surface area contributed by atoms with Gasteiger partial charge in [-0.25, -0.2) is 0 Å². The van der Waals surface area contributed by atoms with Gasteiger partial charge in [0.05, 0.1) is 25.1 Å². The second kappa shape index (κ2) is 15.7. The Kier molecular flexibility index (Phi) is 7.42. The molecular formula is C62H53BN2. The first-order valence-electron chi connectivity index (χ1n) is 27.2. The Morgan fingerprint density at radius 2 is 0.738 bits per heavy atom. The maximum absolute atomic E-state index is 9.42. The highest BCUT2D eigenvalue weighted by Gasteiger charge is 2.45. The number of hydrogen-bond acceptors (Lipinski definition) is 2. The molecular weight excluding hydrogens is 784 g/mol. The molecule has 314 valence electrons. The van der Waals surface area contributed by atoms with Crippen LogP contribution >= 0.6 is 0 Å². The van der Waals surface area contributed by atoms with Gasteiger partial charge in [-0.1, -0.05) is 229 Å². The Labute approximate surface area is 399 Å². The molecule has 0 amide bonds. The van der Waals surface area contributed by atoms with Gasteiger partial charge in [-0.15, -0.1) is 0 Å². The molecule has 2 aliphatic heterocycles. The number of para-hydroxylation sites is 2. The zero-order valence-corrected chi connectivity index (χ0v) is 37.4. The Morgan fingerprint density at radius 3 is 1.12 bits per heavy atom. The molecule has 0 bridgehead atoms. The summed E-state index contributed by atoms with van der Waals surface area (Å²) in [5.41, 5.74) is 13.5. The van der Waals surface area contributed by atoms with Crippen molar-refractivity contribution in [2.75, 3.05) is 9.80 Å². The van der Waals surface area contributed by atoms with Crippen LogP contribution in [0.2, 0.25) is 0 Å². The highest BCUT2D eigenvalue weighted by Crippen LogP contribution is 2.52. The third kappa shape index (κ3) is 6.89. The molecule has 0 saturated heterocycles. The molecule has 0 fully saturated rings. The van der Waals surface area contributed by atoms with Crippen LogP contribution in [0.4, 0.5) is 34.1 Å². The predicted octanol–water partition coefficient (Wildman–Crippen LogP) is 15.0. The Balaban J connectivity index is 1.33. The van der Waals surface area contributed by atoms with Crippen molar-refractivity contribution in [2.45, 2.75) is 52.4 Å². The maximum Gasteiger partial charge on any atom is 0.252 e. The van der Waals surface area contributed by atoms with E-state index in [4.69, 9.17) is 8.22 Å². The zero-order chi connectivity index (χ0) is 53.2. The lowest BCUT2D eigenvalue weighted by Crippen LogP contribution is -2.61. The topological polar surface area (TPSA) is 6.48 Å². The molecule has 2 nitrogen and oxygen atoms in total. The number of rotatable bonds is 6. The monoisotopic (exact) mass is 846 g/mol. The van der Waals surface area contributed by atoms with Gasteiger partial charge in [0.25, 0.3) is 6.71 Å². The fourth-order valence-electron chi connectivity index (χ4n) is 9.80. The van der Waals surface area contributed by atoms with E-state index in [1.165, 1.54) is 0 Å². The number of anilines is 6. The van der Waals surface area contributed by atoms with E-state index in [1.54, 1.807) is 0 Å². The van der Waals surface area contributed by atoms with Crippen LogP contribution in [0.1, 0.15) is 66.4 Å². The minimum atomic E-state index is -0.473. The SMILES string of the molecule is [2H]c1c([2H])c([2H])c(-c2cccc(-c3ccccc3)c2N2c3ccc(C(C)(C)C)cc3B3c4cc(C(C)(C)C)ccc4N(c4c(-c5ccccc5)cccc4-c4c([2H])c([2H])c([2H])c([2H])c4[2H])c4cccc2c43)c([2H])c1[2H]. The fraction of sp³-hybridized carbons (Fsp3) is 0.129. The van der Waals surface area contributed by atoms with Crippen molar-refractivity contribution in [1.82, 2.24) is 0 Å². The van der Waals surface area contributed by atoms with Gasteiger partial charge in [0.2, 0.25) is 0 Å². The molecule has 2 aliphatic rings. The number of nitrogens with zero attached hydrogens (tertiary/aromatic N) is 2. The van der Waals surface area contributed by atoms with Gasteiger partial charge < -0.3 is 9.80 Å². The lowest BCUT2D eigenvalue weighted by molar-refractivity contribution is 0.590. The second-order valence-corrected chi connectivity index (χ2v) is 19.0. The highest BCUT2D eigenvalue weighted by molar-refractivity contribution is 7.00. The van der Waals surface area contributed by atoms with Crippen molar-refractivity contribution < 1.29 is 13.7 Å². The molecule has 11 rings (SSSR count). The van der Waals surface area contributed by atoms with Crippen molar-refractivity contribution in [3.8, 4) is 44.5 Å². The van der Waals surface area contributed by atoms with Crippen LogP contribution < -0.4 is 26.2 Å². The molecule has 0 radical (unpaired) electrons. The van der Waals surface area contributed by atoms with Crippen molar-refractivity contribution in [1.29, 1.82) is 0 Å². The van der Waals surface area contributed by atoms with Gasteiger partial charge in [0, 0.05) is 45.0 Å². The van der Waals surface area contributed by atoms with E-state index in [1.807, 2.05) is 103 Å². The zero-order valence-electron chi connectivity index (χ0n) is 47.4. The maximum atomic E-state index is 9.42. The third-order valence-electron chi connectivity index (χ3n) is 12.9. The summed E-state index contributed by atoms with van der Waals surface area (Å²) in [6.07, 6.45) is 0. The molecule has 9 aromatic rings. The number of hydrogen-bond donors (Lipinski definition) is 0. The molecule has 9 aromatic carbocycles. The van der Waals surface area contributed by atoms with Gasteiger partial charge in [-0.3, -0.25) is 0 Å². The quantitative estimate of drug-likeness (QED) is 0.154. The summed E-state index contributed by atoms with van der Waals surface area (Å²) in [6.45, 7) is 12.8. The summed E-state index contributed by atoms with van der Waals surface area (Å²) in [5.74, 6) is 0. The van der Waals surface area contributed by atoms with Gasteiger partial charge in [0.15, 0.2) is 0 Å². The Morgan fingerprint density at radius 1 is 0.369 bits per heavy atom. The molecule has 0 unspecified atom stereocenters. The molecule has 0 atom stereocenters. The van der Waals surface area contributed by atoms with E-state index in [0.29, 0.717) is 22.5 Å². The molecule has 0 spiro atoms. The van der Waals surface area contributed by atoms with Crippen LogP contribution in [0.5, 0.6) is 0 Å². The second-order valence-electron chi connectivity index (χ2n) is 19.0. The minimum absolute atomic E-state index is 0.0791. The van der Waals surface area contributed by atoms with Crippen LogP contribution in [-0.2, 0) is 10.8 Å². The van der Waals surface area contributed by atoms with Crippen LogP contribution in [0.3, 0.4) is 0 Å². The smallest absolute Gasteiger partial charge is 0.252 e. The highest BCUT2D eigenvalue weighted by atomic mass is 15.2. The molecule has 65 heavy (non-hydrogen) atoms. The van der Waals surface area contributed by atoms with E-state index in [0.717, 1.165) is 72.5 Å². The number of fused-ring (bicyclic) bond motifs is 4. The summed E-state index contributed by atoms with van der Waals surface area (Å²) in [5, 5.41) is 0. The number of benzene rings is 9. The molecule has 2 heterocycles. The normalized spacial score (nSPS) is 15.1. The predicted molar refractivity (Wildman–Crippen MR) is 280 cm³/mol. The lowest BCUT2D eigenvalue weighted by atomic mass is 9.33. The lowest BCUT2D eigenvalue weighted by Gasteiger charge is -2.46. The van der Waals surface area contributed by atoms with Crippen LogP contribution in [-0.4, -0.2) is 6.71 Å². The Hall–Kier alpha value is -7.36. The van der Waals surface area contributed by atoms with Crippen molar-refractivity contribution in [2.24, 2.45) is 0 Å². The van der Waals surface area contributed by atoms with Crippen molar-refractivity contribution in [3.05, 3.63) is 223 Å². The Bertz CT molecular complexity index is 3530. The molecule has 0 N–H and O–H groups in total. The molecule has 0 aromatic heterocycles. The first kappa shape index (κ1) is 30.7. The van der Waals surface area contributed by atoms with Gasteiger partial charge in [-0.2, -0.15) is 0 Å². The average molecular weight is 847 g/mol. The van der Waals surface area contributed by atoms with Crippen molar-refractivity contribution in [3.63, 3.8) is 0 Å². The summed E-state index contributed by atoms with van der Waals surface area (Å²) in [6, 6.07) is 46.9. The first-order chi connectivity index (χ1) is 35.7. The summed E-state index contributed by atoms with van der Waals surface area (Å²) >= 11 is 0. The summed E-state index contributed by atoms with van der Waals surface area (Å²) in [4.78, 5) is 4.43. The molecule has 0 aliphatic carbocycles. The largest absolute Gasteiger partial charge is 0.310 e. The minimum Gasteiger partial charge on any atom is -0.310 e. The fourth-order valence-corrected chi connectivity index (χ4v) is 9.80. The van der Waals surface area contributed by atoms with E-state index >= 15 is 0 Å². The van der Waals surface area contributed by atoms with Crippen molar-refractivity contribution >= 4 is 57.2 Å². The van der Waals surface area contributed by atoms with E-state index in [9.17, 15) is 5.48 Å². The first-order valence-corrected chi connectivity index (χ1v) is 22.2. The van der Waals surface area contributed by atoms with E-state index in [-0.39, 0.29) is 52.8 Å². The van der Waals surface area contributed by atoms with Gasteiger partial charge in [-0.05, 0) is 84.9 Å². The average Bonchev–Trinajstić information content (AvgIpc) is 3.41. The summed E-state index contributed by atoms with van der Waals surface area (Å²) < 4.78 is 90.4. The van der Waals surface area contributed by atoms with E-state index in [2.05, 4.69) is 99.9 Å². The van der Waals surface area contributed by atoms with Crippen LogP contribution in [0, 0.1) is 0 Å². The standard InChI is InChI=1S/C62H53BN2/c1-61(2,3)46-36-38-54-52(40-46)63-53-41-47(62(4,5)6)37-39-55(53)65(60-50(44-26-15-9-16-27-44)32-20-33-51(60)45-28-17-10-18-29-45)57-35-21-34-56(58(57)63)64(54)59-48(42-22-11-7-12-23-42)30-19-31-49(59)43-24-13-8-14-25-43/h7-41H,1-6H3/i7D,9D,11D,12D,15D,16D,22D,23D,26D,27D. The molecule has 0 saturated carbocycles. The van der Waals surface area contributed by atoms with Crippen LogP contribution in [0.25, 0.3) is 44.5 Å². The van der Waals surface area contributed by atoms with Gasteiger partial charge >= 0.3 is 0 Å². The van der Waals surface area contributed by atoms with E-state index < -0.39 is 36.3 Å². The molecule has 3 heteroatoms. The summed E-state index contributed by atoms with van der Waals surface area (Å²) in [7, 11) is 0. The van der Waals surface area contributed by atoms with Gasteiger partial charge in [0.1, 0.15) is 0 Å². The third-order valence-corrected chi connectivity index (χ3v) is 12.9.